The summed E-state index contributed by atoms with van der Waals surface area (Å²) in [5.41, 5.74) is 0.856. The van der Waals surface area contributed by atoms with E-state index >= 15 is 0 Å². The van der Waals surface area contributed by atoms with Crippen LogP contribution in [0.2, 0.25) is 0 Å². The minimum atomic E-state index is -0.351. The SMILES string of the molecule is CC[C@H](Nc1ccc(OC)cc1)C(=O)Nc1cc(C)on1. The van der Waals surface area contributed by atoms with Crippen LogP contribution in [0.25, 0.3) is 0 Å². The fraction of sp³-hybridized carbons (Fsp3) is 0.333. The molecule has 2 rings (SSSR count). The van der Waals surface area contributed by atoms with E-state index in [4.69, 9.17) is 9.26 Å². The fourth-order valence-corrected chi connectivity index (χ4v) is 1.88. The summed E-state index contributed by atoms with van der Waals surface area (Å²) in [6, 6.07) is 8.75. The summed E-state index contributed by atoms with van der Waals surface area (Å²) in [6.07, 6.45) is 0.648. The van der Waals surface area contributed by atoms with Gasteiger partial charge in [-0.2, -0.15) is 0 Å². The first-order chi connectivity index (χ1) is 10.1. The van der Waals surface area contributed by atoms with Crippen molar-refractivity contribution in [3.63, 3.8) is 0 Å². The minimum Gasteiger partial charge on any atom is -0.497 e. The van der Waals surface area contributed by atoms with Crippen LogP contribution in [-0.4, -0.2) is 24.2 Å². The van der Waals surface area contributed by atoms with E-state index in [1.165, 1.54) is 0 Å². The molecule has 0 spiro atoms. The molecule has 1 aromatic carbocycles. The van der Waals surface area contributed by atoms with Crippen LogP contribution in [0, 0.1) is 6.92 Å². The van der Waals surface area contributed by atoms with Gasteiger partial charge in [0.15, 0.2) is 5.82 Å². The Morgan fingerprint density at radius 3 is 2.62 bits per heavy atom. The molecule has 6 heteroatoms. The van der Waals surface area contributed by atoms with Crippen molar-refractivity contribution < 1.29 is 14.1 Å². The fourth-order valence-electron chi connectivity index (χ4n) is 1.88. The lowest BCUT2D eigenvalue weighted by Crippen LogP contribution is -2.34. The van der Waals surface area contributed by atoms with E-state index in [1.54, 1.807) is 20.1 Å². The zero-order chi connectivity index (χ0) is 15.2. The highest BCUT2D eigenvalue weighted by atomic mass is 16.5. The number of benzene rings is 1. The van der Waals surface area contributed by atoms with Crippen molar-refractivity contribution in [2.75, 3.05) is 17.7 Å². The molecule has 0 aliphatic rings. The number of methoxy groups -OCH3 is 1. The molecule has 0 fully saturated rings. The molecule has 1 amide bonds. The molecule has 21 heavy (non-hydrogen) atoms. The van der Waals surface area contributed by atoms with Crippen molar-refractivity contribution in [3.8, 4) is 5.75 Å². The van der Waals surface area contributed by atoms with Gasteiger partial charge in [0.1, 0.15) is 17.6 Å². The van der Waals surface area contributed by atoms with Crippen molar-refractivity contribution in [1.82, 2.24) is 5.16 Å². The molecule has 112 valence electrons. The van der Waals surface area contributed by atoms with Gasteiger partial charge in [-0.3, -0.25) is 4.79 Å². The van der Waals surface area contributed by atoms with E-state index in [0.29, 0.717) is 18.0 Å². The van der Waals surface area contributed by atoms with Crippen LogP contribution in [0.4, 0.5) is 11.5 Å². The maximum atomic E-state index is 12.2. The molecular formula is C15H19N3O3. The first-order valence-electron chi connectivity index (χ1n) is 6.77. The zero-order valence-corrected chi connectivity index (χ0v) is 12.3. The van der Waals surface area contributed by atoms with E-state index in [9.17, 15) is 4.79 Å². The third kappa shape index (κ3) is 3.98. The average Bonchev–Trinajstić information content (AvgIpc) is 2.90. The van der Waals surface area contributed by atoms with E-state index in [1.807, 2.05) is 31.2 Å². The van der Waals surface area contributed by atoms with Crippen molar-refractivity contribution in [2.45, 2.75) is 26.3 Å². The normalized spacial score (nSPS) is 11.8. The number of carbonyl (C=O) groups excluding carboxylic acids is 1. The molecule has 1 heterocycles. The molecule has 0 saturated heterocycles. The van der Waals surface area contributed by atoms with Crippen LogP contribution in [0.3, 0.4) is 0 Å². The molecule has 2 aromatic rings. The van der Waals surface area contributed by atoms with Crippen molar-refractivity contribution in [1.29, 1.82) is 0 Å². The van der Waals surface area contributed by atoms with Crippen molar-refractivity contribution >= 4 is 17.4 Å². The highest BCUT2D eigenvalue weighted by Crippen LogP contribution is 2.17. The summed E-state index contributed by atoms with van der Waals surface area (Å²) in [4.78, 5) is 12.2. The summed E-state index contributed by atoms with van der Waals surface area (Å²) < 4.78 is 10.0. The van der Waals surface area contributed by atoms with Gasteiger partial charge in [-0.25, -0.2) is 0 Å². The molecule has 0 aliphatic heterocycles. The number of rotatable bonds is 6. The lowest BCUT2D eigenvalue weighted by molar-refractivity contribution is -0.117. The molecule has 0 unspecified atom stereocenters. The van der Waals surface area contributed by atoms with Crippen molar-refractivity contribution in [2.24, 2.45) is 0 Å². The first kappa shape index (κ1) is 14.9. The number of aromatic nitrogens is 1. The number of ether oxygens (including phenoxy) is 1. The minimum absolute atomic E-state index is 0.151. The van der Waals surface area contributed by atoms with E-state index in [0.717, 1.165) is 11.4 Å². The number of amides is 1. The lowest BCUT2D eigenvalue weighted by atomic mass is 10.2. The second-order valence-corrected chi connectivity index (χ2v) is 4.65. The van der Waals surface area contributed by atoms with Gasteiger partial charge in [-0.05, 0) is 37.6 Å². The average molecular weight is 289 g/mol. The van der Waals surface area contributed by atoms with E-state index in [2.05, 4.69) is 15.8 Å². The quantitative estimate of drug-likeness (QED) is 0.855. The third-order valence-corrected chi connectivity index (χ3v) is 3.03. The Hall–Kier alpha value is -2.50. The summed E-state index contributed by atoms with van der Waals surface area (Å²) in [6.45, 7) is 3.71. The van der Waals surface area contributed by atoms with Crippen LogP contribution in [-0.2, 0) is 4.79 Å². The number of hydrogen-bond donors (Lipinski definition) is 2. The Labute approximate surface area is 123 Å². The van der Waals surface area contributed by atoms with Crippen LogP contribution in [0.1, 0.15) is 19.1 Å². The van der Waals surface area contributed by atoms with Crippen LogP contribution < -0.4 is 15.4 Å². The summed E-state index contributed by atoms with van der Waals surface area (Å²) >= 11 is 0. The third-order valence-electron chi connectivity index (χ3n) is 3.03. The molecule has 2 N–H and O–H groups in total. The number of nitrogens with zero attached hydrogens (tertiary/aromatic N) is 1. The number of aryl methyl sites for hydroxylation is 1. The molecule has 1 aromatic heterocycles. The maximum absolute atomic E-state index is 12.2. The molecule has 6 nitrogen and oxygen atoms in total. The number of hydrogen-bond acceptors (Lipinski definition) is 5. The number of carbonyl (C=O) groups is 1. The van der Waals surface area contributed by atoms with Crippen LogP contribution >= 0.6 is 0 Å². The molecule has 0 bridgehead atoms. The second-order valence-electron chi connectivity index (χ2n) is 4.65. The van der Waals surface area contributed by atoms with Gasteiger partial charge in [0.05, 0.1) is 7.11 Å². The first-order valence-corrected chi connectivity index (χ1v) is 6.77. The van der Waals surface area contributed by atoms with Gasteiger partial charge in [-0.15, -0.1) is 0 Å². The Balaban J connectivity index is 1.99. The predicted octanol–water partition coefficient (Wildman–Crippen LogP) is 2.82. The van der Waals surface area contributed by atoms with Gasteiger partial charge in [0, 0.05) is 11.8 Å². The number of anilines is 2. The maximum Gasteiger partial charge on any atom is 0.248 e. The highest BCUT2D eigenvalue weighted by Gasteiger charge is 2.17. The van der Waals surface area contributed by atoms with Gasteiger partial charge < -0.3 is 19.9 Å². The molecule has 1 atom stereocenters. The topological polar surface area (TPSA) is 76.4 Å². The Morgan fingerprint density at radius 2 is 2.10 bits per heavy atom. The Bertz CT molecular complexity index is 592. The van der Waals surface area contributed by atoms with Gasteiger partial charge >= 0.3 is 0 Å². The number of nitrogens with one attached hydrogen (secondary N) is 2. The Morgan fingerprint density at radius 1 is 1.38 bits per heavy atom. The summed E-state index contributed by atoms with van der Waals surface area (Å²) in [5, 5.41) is 9.66. The smallest absolute Gasteiger partial charge is 0.248 e. The van der Waals surface area contributed by atoms with E-state index < -0.39 is 0 Å². The van der Waals surface area contributed by atoms with Crippen LogP contribution in [0.5, 0.6) is 5.75 Å². The Kier molecular flexibility index (Phi) is 4.81. The molecule has 0 radical (unpaired) electrons. The van der Waals surface area contributed by atoms with Gasteiger partial charge in [-0.1, -0.05) is 12.1 Å². The predicted molar refractivity (Wildman–Crippen MR) is 80.6 cm³/mol. The summed E-state index contributed by atoms with van der Waals surface area (Å²) in [5.74, 6) is 1.70. The van der Waals surface area contributed by atoms with Gasteiger partial charge in [0.25, 0.3) is 0 Å². The standard InChI is InChI=1S/C15H19N3O3/c1-4-13(15(19)17-14-9-10(2)21-18-14)16-11-5-7-12(20-3)8-6-11/h5-9,13,16H,4H2,1-3H3,(H,17,18,19)/t13-/m0/s1. The monoisotopic (exact) mass is 289 g/mol. The molecular weight excluding hydrogens is 270 g/mol. The second kappa shape index (κ2) is 6.78. The zero-order valence-electron chi connectivity index (χ0n) is 12.3. The molecule has 0 saturated carbocycles. The van der Waals surface area contributed by atoms with Crippen molar-refractivity contribution in [3.05, 3.63) is 36.1 Å². The largest absolute Gasteiger partial charge is 0.497 e. The van der Waals surface area contributed by atoms with Crippen LogP contribution in [0.15, 0.2) is 34.9 Å². The lowest BCUT2D eigenvalue weighted by Gasteiger charge is -2.17. The highest BCUT2D eigenvalue weighted by molar-refractivity contribution is 5.95. The molecule has 0 aliphatic carbocycles. The van der Waals surface area contributed by atoms with Gasteiger partial charge in [0.2, 0.25) is 5.91 Å². The summed E-state index contributed by atoms with van der Waals surface area (Å²) in [7, 11) is 1.62. The van der Waals surface area contributed by atoms with E-state index in [-0.39, 0.29) is 11.9 Å².